The van der Waals surface area contributed by atoms with Gasteiger partial charge in [0.1, 0.15) is 23.0 Å². The molecular weight excluding hydrogens is 1420 g/mol. The van der Waals surface area contributed by atoms with Crippen LogP contribution in [0.15, 0.2) is 165 Å². The van der Waals surface area contributed by atoms with Crippen molar-refractivity contribution in [1.29, 1.82) is 0 Å². The standard InChI is InChI=1S/C74H82N8O18S4/c1-8-30-97-67-50-34-52-40-59(76-72(86)80-102(91,92)63-24-16-47(5)17-25-63)42-54(68(52)98-31-9-2)36-56-44-61(78-74(88)82-104(95,96)65-28-20-49(7)21-29-65)45-57(70(56)100-33-12-11-13-66(83)84)37-55-43-60(77-73(87)81-103(93,94)64-26-18-48(6)19-27-64)41-53(69(55)99-32-10-3)35-51(67)39-58(38-50)75-71(85)79-101(89,90)62-22-14-46(4)15-23-62/h14-29,38-45H,8-13,30-37H2,1-7H3,(H,83,84)(H2,75,79,85)(H2,76,80,86)(H2,77,81,87)(H2,78,82,88). The monoisotopic (exact) mass is 1500 g/mol. The van der Waals surface area contributed by atoms with Crippen LogP contribution in [0.3, 0.4) is 0 Å². The van der Waals surface area contributed by atoms with Crippen molar-refractivity contribution >= 4 is 92.9 Å². The number of carboxylic acid groups (broad SMARTS) is 1. The third-order valence-corrected chi connectivity index (χ3v) is 21.5. The maximum atomic E-state index is 14.3. The number of sulfonamides is 4. The van der Waals surface area contributed by atoms with Gasteiger partial charge in [0.05, 0.1) is 46.0 Å². The number of carboxylic acids is 1. The topological polar surface area (TPSA) is 375 Å². The van der Waals surface area contributed by atoms with Gasteiger partial charge in [-0.25, -0.2) is 71.7 Å². The Morgan fingerprint density at radius 2 is 0.529 bits per heavy atom. The Bertz CT molecular complexity index is 4800. The highest BCUT2D eigenvalue weighted by Crippen LogP contribution is 2.43. The first-order valence-corrected chi connectivity index (χ1v) is 39.3. The van der Waals surface area contributed by atoms with Gasteiger partial charge in [-0.05, 0) is 157 Å². The van der Waals surface area contributed by atoms with E-state index in [1.807, 2.05) is 20.8 Å². The number of hydrogen-bond acceptors (Lipinski definition) is 17. The highest BCUT2D eigenvalue weighted by molar-refractivity contribution is 7.91. The minimum atomic E-state index is -4.50. The number of hydrogen-bond donors (Lipinski definition) is 9. The fraction of sp³-hybridized carbons (Fsp3) is 0.284. The van der Waals surface area contributed by atoms with E-state index >= 15 is 0 Å². The molecule has 0 unspecified atom stereocenters. The zero-order chi connectivity index (χ0) is 75.1. The molecule has 9 N–H and O–H groups in total. The number of fused-ring (bicyclic) bond motifs is 8. The average Bonchev–Trinajstić information content (AvgIpc) is 0.770. The van der Waals surface area contributed by atoms with Crippen molar-refractivity contribution in [1.82, 2.24) is 18.9 Å². The summed E-state index contributed by atoms with van der Waals surface area (Å²) >= 11 is 0. The molecule has 0 heterocycles. The molecular formula is C74H82N8O18S4. The summed E-state index contributed by atoms with van der Waals surface area (Å²) in [7, 11) is -18.0. The summed E-state index contributed by atoms with van der Waals surface area (Å²) in [6, 6.07) is 30.8. The van der Waals surface area contributed by atoms with Gasteiger partial charge in [0.25, 0.3) is 40.1 Å². The predicted octanol–water partition coefficient (Wildman–Crippen LogP) is 12.6. The summed E-state index contributed by atoms with van der Waals surface area (Å²) in [6.45, 7) is 12.8. The van der Waals surface area contributed by atoms with E-state index in [1.54, 1.807) is 100 Å². The lowest BCUT2D eigenvalue weighted by Gasteiger charge is -2.25. The van der Waals surface area contributed by atoms with Gasteiger partial charge in [-0.2, -0.15) is 0 Å². The molecule has 0 saturated carbocycles. The van der Waals surface area contributed by atoms with Crippen molar-refractivity contribution in [2.75, 3.05) is 47.7 Å². The first kappa shape index (κ1) is 77.5. The average molecular weight is 1500 g/mol. The molecule has 0 fully saturated rings. The molecule has 30 heteroatoms. The lowest BCUT2D eigenvalue weighted by Crippen LogP contribution is -2.34. The van der Waals surface area contributed by atoms with E-state index in [0.29, 0.717) is 52.6 Å². The Labute approximate surface area is 605 Å². The Morgan fingerprint density at radius 3 is 0.721 bits per heavy atom. The second-order valence-electron chi connectivity index (χ2n) is 24.9. The Kier molecular flexibility index (Phi) is 25.4. The summed E-state index contributed by atoms with van der Waals surface area (Å²) in [6.07, 6.45) is 0.638. The third-order valence-electron chi connectivity index (χ3n) is 16.1. The lowest BCUT2D eigenvalue weighted by molar-refractivity contribution is -0.137. The number of amides is 8. The van der Waals surface area contributed by atoms with E-state index < -0.39 is 70.2 Å². The van der Waals surface area contributed by atoms with Gasteiger partial charge in [0.2, 0.25) is 0 Å². The van der Waals surface area contributed by atoms with Crippen LogP contribution in [-0.2, 0) is 70.6 Å². The number of anilines is 4. The molecule has 0 radical (unpaired) electrons. The maximum Gasteiger partial charge on any atom is 0.333 e. The van der Waals surface area contributed by atoms with Gasteiger partial charge < -0.3 is 45.3 Å². The Hall–Kier alpha value is -10.7. The van der Waals surface area contributed by atoms with E-state index in [2.05, 4.69) is 40.2 Å². The number of aryl methyl sites for hydroxylation is 4. The number of nitrogens with one attached hydrogen (secondary N) is 8. The van der Waals surface area contributed by atoms with Crippen molar-refractivity contribution in [3.63, 3.8) is 0 Å². The minimum Gasteiger partial charge on any atom is -0.493 e. The Balaban J connectivity index is 1.32. The van der Waals surface area contributed by atoms with E-state index in [0.717, 1.165) is 22.3 Å². The zero-order valence-electron chi connectivity index (χ0n) is 58.3. The molecule has 0 aromatic heterocycles. The Morgan fingerprint density at radius 1 is 0.327 bits per heavy atom. The SMILES string of the molecule is CCCOc1c2cc(NC(=O)NS(=O)(=O)c3ccc(C)cc3)cc1Cc1cc(NC(=O)NS(=O)(=O)c3ccc(C)cc3)cc(c1OCCC)Cc1cc(NC(=O)NS(=O)(=O)c3ccc(C)cc3)cc(c1OCCCCC(=O)O)Cc1cc(NC(=O)NS(=O)(=O)c3ccc(C)cc3)cc(c1OCCC)C2. The van der Waals surface area contributed by atoms with E-state index in [-0.39, 0.29) is 148 Å². The number of benzene rings is 8. The number of unbranched alkanes of at least 4 members (excludes halogenated alkanes) is 1. The molecule has 1 aliphatic carbocycles. The number of ether oxygens (including phenoxy) is 4. The maximum absolute atomic E-state index is 14.3. The summed E-state index contributed by atoms with van der Waals surface area (Å²) in [5.74, 6) is -0.227. The molecule has 0 saturated heterocycles. The van der Waals surface area contributed by atoms with Crippen LogP contribution in [0.2, 0.25) is 0 Å². The fourth-order valence-corrected chi connectivity index (χ4v) is 14.9. The molecule has 0 spiro atoms. The number of aliphatic carboxylic acids is 1. The lowest BCUT2D eigenvalue weighted by atomic mass is 9.90. The van der Waals surface area contributed by atoms with Crippen molar-refractivity contribution in [3.8, 4) is 23.0 Å². The molecule has 8 amide bonds. The van der Waals surface area contributed by atoms with Gasteiger partial charge in [0, 0.05) is 99.4 Å². The van der Waals surface area contributed by atoms with Crippen molar-refractivity contribution < 1.29 is 81.7 Å². The summed E-state index contributed by atoms with van der Waals surface area (Å²) in [4.78, 5) is 68.0. The van der Waals surface area contributed by atoms with Crippen LogP contribution < -0.4 is 59.1 Å². The first-order valence-electron chi connectivity index (χ1n) is 33.4. The number of urea groups is 4. The van der Waals surface area contributed by atoms with E-state index in [4.69, 9.17) is 18.9 Å². The van der Waals surface area contributed by atoms with Crippen LogP contribution in [0, 0.1) is 27.7 Å². The van der Waals surface area contributed by atoms with Crippen molar-refractivity contribution in [2.45, 2.75) is 132 Å². The van der Waals surface area contributed by atoms with Gasteiger partial charge >= 0.3 is 30.1 Å². The van der Waals surface area contributed by atoms with E-state index in [1.165, 1.54) is 72.8 Å². The minimum absolute atomic E-state index is 0.00758. The third kappa shape index (κ3) is 20.8. The summed E-state index contributed by atoms with van der Waals surface area (Å²) in [5.41, 5.74) is 5.48. The largest absolute Gasteiger partial charge is 0.493 e. The normalized spacial score (nSPS) is 12.2. The van der Waals surface area contributed by atoms with Gasteiger partial charge in [-0.1, -0.05) is 91.6 Å². The molecule has 550 valence electrons. The van der Waals surface area contributed by atoms with Gasteiger partial charge in [-0.3, -0.25) is 4.79 Å². The van der Waals surface area contributed by atoms with Crippen LogP contribution in [-0.4, -0.2) is 95.3 Å². The molecule has 104 heavy (non-hydrogen) atoms. The fourth-order valence-electron chi connectivity index (χ4n) is 11.3. The summed E-state index contributed by atoms with van der Waals surface area (Å²) < 4.78 is 146. The quantitative estimate of drug-likeness (QED) is 0.0216. The predicted molar refractivity (Wildman–Crippen MR) is 393 cm³/mol. The number of carbonyl (C=O) groups is 5. The molecule has 1 aliphatic rings. The molecule has 8 aromatic rings. The van der Waals surface area contributed by atoms with Gasteiger partial charge in [-0.15, -0.1) is 0 Å². The van der Waals surface area contributed by atoms with Crippen LogP contribution in [0.1, 0.15) is 126 Å². The van der Waals surface area contributed by atoms with E-state index in [9.17, 15) is 62.8 Å². The van der Waals surface area contributed by atoms with Crippen molar-refractivity contribution in [3.05, 3.63) is 212 Å². The molecule has 0 atom stereocenters. The van der Waals surface area contributed by atoms with Gasteiger partial charge in [0.15, 0.2) is 0 Å². The zero-order valence-corrected chi connectivity index (χ0v) is 61.5. The molecule has 8 bridgehead atoms. The molecule has 0 aliphatic heterocycles. The first-order chi connectivity index (χ1) is 49.4. The molecule has 9 rings (SSSR count). The second-order valence-corrected chi connectivity index (χ2v) is 31.7. The highest BCUT2D eigenvalue weighted by Gasteiger charge is 2.29. The second kappa shape index (κ2) is 34.1. The highest BCUT2D eigenvalue weighted by atomic mass is 32.2. The van der Waals surface area contributed by atoms with Crippen molar-refractivity contribution in [2.24, 2.45) is 0 Å². The smallest absolute Gasteiger partial charge is 0.333 e. The number of carbonyl (C=O) groups excluding carboxylic acids is 4. The van der Waals surface area contributed by atoms with Crippen LogP contribution in [0.5, 0.6) is 23.0 Å². The number of rotatable bonds is 27. The van der Waals surface area contributed by atoms with Crippen LogP contribution >= 0.6 is 0 Å². The van der Waals surface area contributed by atoms with Crippen LogP contribution in [0.4, 0.5) is 41.9 Å². The molecule has 26 nitrogen and oxygen atoms in total. The molecule has 8 aromatic carbocycles. The summed E-state index contributed by atoms with van der Waals surface area (Å²) in [5, 5.41) is 20.5. The van der Waals surface area contributed by atoms with Crippen LogP contribution in [0.25, 0.3) is 0 Å².